The molecule has 0 aliphatic rings. The third kappa shape index (κ3) is 4.77. The minimum absolute atomic E-state index is 0.386. The van der Waals surface area contributed by atoms with Gasteiger partial charge in [0.1, 0.15) is 17.4 Å². The number of aryl methyl sites for hydroxylation is 2. The predicted molar refractivity (Wildman–Crippen MR) is 117 cm³/mol. The number of amides is 1. The van der Waals surface area contributed by atoms with Gasteiger partial charge in [-0.15, -0.1) is 0 Å². The minimum Gasteiger partial charge on any atom is -0.480 e. The first-order valence-corrected chi connectivity index (χ1v) is 9.98. The molecule has 7 nitrogen and oxygen atoms in total. The Morgan fingerprint density at radius 2 is 1.74 bits per heavy atom. The zero-order chi connectivity index (χ0) is 22.7. The normalized spacial score (nSPS) is 12.9. The Morgan fingerprint density at radius 1 is 1.06 bits per heavy atom. The van der Waals surface area contributed by atoms with Gasteiger partial charge in [0.05, 0.1) is 0 Å². The number of fused-ring (bicyclic) bond motifs is 1. The summed E-state index contributed by atoms with van der Waals surface area (Å²) in [5.74, 6) is -1.30. The fourth-order valence-electron chi connectivity index (χ4n) is 3.34. The molecule has 0 radical (unpaired) electrons. The van der Waals surface area contributed by atoms with E-state index in [1.807, 2.05) is 37.3 Å². The molecule has 2 aromatic carbocycles. The third-order valence-electron chi connectivity index (χ3n) is 5.28. The van der Waals surface area contributed by atoms with Gasteiger partial charge in [-0.3, -0.25) is 9.59 Å². The summed E-state index contributed by atoms with van der Waals surface area (Å²) >= 11 is 0. The van der Waals surface area contributed by atoms with Crippen LogP contribution >= 0.6 is 0 Å². The molecule has 0 bridgehead atoms. The SMILES string of the molecule is Cc1c(Cc2ccccc2)c(=O)oc2c(C)c(OC(C)C(=O)NC(C)C(=O)O)ccc12. The molecule has 1 amide bonds. The molecular weight excluding hydrogens is 398 g/mol. The summed E-state index contributed by atoms with van der Waals surface area (Å²) in [6.07, 6.45) is -0.454. The van der Waals surface area contributed by atoms with Crippen molar-refractivity contribution in [3.63, 3.8) is 0 Å². The highest BCUT2D eigenvalue weighted by molar-refractivity contribution is 5.87. The summed E-state index contributed by atoms with van der Waals surface area (Å²) in [6, 6.07) is 12.2. The number of hydrogen-bond acceptors (Lipinski definition) is 5. The summed E-state index contributed by atoms with van der Waals surface area (Å²) in [5.41, 5.74) is 3.05. The quantitative estimate of drug-likeness (QED) is 0.565. The molecule has 0 fully saturated rings. The first kappa shape index (κ1) is 22.1. The van der Waals surface area contributed by atoms with Crippen molar-refractivity contribution < 1.29 is 23.8 Å². The standard InChI is InChI=1S/C24H25NO6/c1-13-18-10-11-20(30-16(4)22(26)25-15(3)23(27)28)14(2)21(18)31-24(29)19(13)12-17-8-6-5-7-9-17/h5-11,15-16H,12H2,1-4H3,(H,25,26)(H,27,28). The first-order chi connectivity index (χ1) is 14.7. The number of aliphatic carboxylic acids is 1. The van der Waals surface area contributed by atoms with E-state index in [4.69, 9.17) is 14.3 Å². The maximum absolute atomic E-state index is 12.7. The Labute approximate surface area is 179 Å². The molecule has 7 heteroatoms. The molecule has 0 aliphatic carbocycles. The van der Waals surface area contributed by atoms with Gasteiger partial charge in [-0.2, -0.15) is 0 Å². The summed E-state index contributed by atoms with van der Waals surface area (Å²) in [5, 5.41) is 12.1. The van der Waals surface area contributed by atoms with E-state index in [1.54, 1.807) is 19.1 Å². The van der Waals surface area contributed by atoms with Crippen molar-refractivity contribution in [1.29, 1.82) is 0 Å². The summed E-state index contributed by atoms with van der Waals surface area (Å²) in [7, 11) is 0. The zero-order valence-corrected chi connectivity index (χ0v) is 17.9. The molecule has 2 atom stereocenters. The van der Waals surface area contributed by atoms with E-state index < -0.39 is 29.6 Å². The second-order valence-electron chi connectivity index (χ2n) is 7.55. The van der Waals surface area contributed by atoms with Gasteiger partial charge in [0.25, 0.3) is 5.91 Å². The van der Waals surface area contributed by atoms with Crippen molar-refractivity contribution in [2.24, 2.45) is 0 Å². The molecule has 3 aromatic rings. The van der Waals surface area contributed by atoms with Crippen molar-refractivity contribution in [3.8, 4) is 5.75 Å². The number of nitrogens with one attached hydrogen (secondary N) is 1. The molecule has 1 aromatic heterocycles. The van der Waals surface area contributed by atoms with E-state index in [9.17, 15) is 14.4 Å². The van der Waals surface area contributed by atoms with E-state index in [2.05, 4.69) is 5.32 Å². The zero-order valence-electron chi connectivity index (χ0n) is 17.9. The lowest BCUT2D eigenvalue weighted by molar-refractivity contribution is -0.142. The van der Waals surface area contributed by atoms with Crippen LogP contribution in [0.5, 0.6) is 5.75 Å². The van der Waals surface area contributed by atoms with E-state index in [1.165, 1.54) is 13.8 Å². The van der Waals surface area contributed by atoms with Crippen LogP contribution in [0.25, 0.3) is 11.0 Å². The van der Waals surface area contributed by atoms with Gasteiger partial charge >= 0.3 is 11.6 Å². The number of ether oxygens (including phenoxy) is 1. The van der Waals surface area contributed by atoms with Gasteiger partial charge in [0, 0.05) is 22.9 Å². The van der Waals surface area contributed by atoms with Crippen LogP contribution in [0.2, 0.25) is 0 Å². The second kappa shape index (κ2) is 9.04. The Balaban J connectivity index is 1.90. The lowest BCUT2D eigenvalue weighted by Crippen LogP contribution is -2.44. The number of hydrogen-bond donors (Lipinski definition) is 2. The van der Waals surface area contributed by atoms with Gasteiger partial charge in [-0.1, -0.05) is 30.3 Å². The van der Waals surface area contributed by atoms with Gasteiger partial charge in [-0.25, -0.2) is 4.79 Å². The van der Waals surface area contributed by atoms with Crippen LogP contribution in [0.4, 0.5) is 0 Å². The van der Waals surface area contributed by atoms with Crippen LogP contribution in [-0.2, 0) is 16.0 Å². The van der Waals surface area contributed by atoms with Crippen LogP contribution in [0, 0.1) is 13.8 Å². The van der Waals surface area contributed by atoms with Gasteiger partial charge in [-0.05, 0) is 51.0 Å². The highest BCUT2D eigenvalue weighted by atomic mass is 16.5. The topological polar surface area (TPSA) is 106 Å². The number of carboxylic acids is 1. The maximum Gasteiger partial charge on any atom is 0.340 e. The summed E-state index contributed by atoms with van der Waals surface area (Å²) < 4.78 is 11.4. The molecule has 0 spiro atoms. The Bertz CT molecular complexity index is 1180. The Morgan fingerprint density at radius 3 is 2.39 bits per heavy atom. The third-order valence-corrected chi connectivity index (χ3v) is 5.28. The number of carboxylic acid groups (broad SMARTS) is 1. The molecule has 2 N–H and O–H groups in total. The summed E-state index contributed by atoms with van der Waals surface area (Å²) in [6.45, 7) is 6.54. The van der Waals surface area contributed by atoms with Crippen LogP contribution < -0.4 is 15.7 Å². The van der Waals surface area contributed by atoms with Crippen LogP contribution in [0.15, 0.2) is 51.7 Å². The van der Waals surface area contributed by atoms with Crippen LogP contribution in [0.3, 0.4) is 0 Å². The lowest BCUT2D eigenvalue weighted by Gasteiger charge is -2.18. The van der Waals surface area contributed by atoms with Crippen molar-refractivity contribution in [2.75, 3.05) is 0 Å². The molecular formula is C24H25NO6. The highest BCUT2D eigenvalue weighted by Gasteiger charge is 2.22. The maximum atomic E-state index is 12.7. The van der Waals surface area contributed by atoms with Gasteiger partial charge in [0.15, 0.2) is 6.10 Å². The molecule has 2 unspecified atom stereocenters. The molecule has 0 saturated carbocycles. The van der Waals surface area contributed by atoms with Crippen molar-refractivity contribution in [1.82, 2.24) is 5.32 Å². The Hall–Kier alpha value is -3.61. The van der Waals surface area contributed by atoms with Crippen molar-refractivity contribution in [2.45, 2.75) is 46.3 Å². The molecule has 0 saturated heterocycles. The molecule has 3 rings (SSSR count). The largest absolute Gasteiger partial charge is 0.480 e. The van der Waals surface area contributed by atoms with Crippen LogP contribution in [0.1, 0.15) is 36.1 Å². The smallest absolute Gasteiger partial charge is 0.340 e. The second-order valence-corrected chi connectivity index (χ2v) is 7.55. The molecule has 0 aliphatic heterocycles. The van der Waals surface area contributed by atoms with E-state index >= 15 is 0 Å². The van der Waals surface area contributed by atoms with Crippen molar-refractivity contribution in [3.05, 3.63) is 75.1 Å². The fraction of sp³-hybridized carbons (Fsp3) is 0.292. The minimum atomic E-state index is -1.13. The van der Waals surface area contributed by atoms with Crippen LogP contribution in [-0.4, -0.2) is 29.1 Å². The van der Waals surface area contributed by atoms with Crippen molar-refractivity contribution >= 4 is 22.8 Å². The average molecular weight is 423 g/mol. The molecule has 162 valence electrons. The highest BCUT2D eigenvalue weighted by Crippen LogP contribution is 2.30. The number of carbonyl (C=O) groups is 2. The van der Waals surface area contributed by atoms with E-state index in [0.717, 1.165) is 16.5 Å². The Kier molecular flexibility index (Phi) is 6.44. The summed E-state index contributed by atoms with van der Waals surface area (Å²) in [4.78, 5) is 35.8. The monoisotopic (exact) mass is 423 g/mol. The van der Waals surface area contributed by atoms with E-state index in [-0.39, 0.29) is 0 Å². The number of rotatable bonds is 7. The number of benzene rings is 2. The lowest BCUT2D eigenvalue weighted by atomic mass is 9.98. The van der Waals surface area contributed by atoms with Gasteiger partial charge < -0.3 is 19.6 Å². The first-order valence-electron chi connectivity index (χ1n) is 9.98. The van der Waals surface area contributed by atoms with Gasteiger partial charge in [0.2, 0.25) is 0 Å². The van der Waals surface area contributed by atoms with E-state index in [0.29, 0.717) is 28.9 Å². The molecule has 31 heavy (non-hydrogen) atoms. The number of carbonyl (C=O) groups excluding carboxylic acids is 1. The predicted octanol–water partition coefficient (Wildman–Crippen LogP) is 3.36. The molecule has 1 heterocycles. The fourth-order valence-corrected chi connectivity index (χ4v) is 3.34. The average Bonchev–Trinajstić information content (AvgIpc) is 2.74.